The van der Waals surface area contributed by atoms with Crippen LogP contribution in [0.25, 0.3) is 0 Å². The summed E-state index contributed by atoms with van der Waals surface area (Å²) < 4.78 is 5.13. The predicted molar refractivity (Wildman–Crippen MR) is 92.9 cm³/mol. The molecule has 2 aromatic carbocycles. The summed E-state index contributed by atoms with van der Waals surface area (Å²) in [7, 11) is -0.641. The Morgan fingerprint density at radius 3 is 2.77 bits per heavy atom. The standard InChI is InChI=1S/C18H21N2OP/c1-14-9-10-17(21)18(12-14)22-19-11-5-8-16(19)13-20(22)15-6-3-2-4-7-15/h2-4,6-7,9-10,12,16,21H,5,8,11,13H2,1H3/t16-,22?/m0/s1. The molecule has 1 unspecified atom stereocenters. The first kappa shape index (κ1) is 14.0. The van der Waals surface area contributed by atoms with Crippen LogP contribution in [0, 0.1) is 6.92 Å². The van der Waals surface area contributed by atoms with Crippen molar-refractivity contribution in [1.82, 2.24) is 4.67 Å². The van der Waals surface area contributed by atoms with Gasteiger partial charge in [0.05, 0.1) is 5.30 Å². The Morgan fingerprint density at radius 1 is 1.14 bits per heavy atom. The molecule has 2 aliphatic heterocycles. The van der Waals surface area contributed by atoms with Gasteiger partial charge in [-0.05, 0) is 44.0 Å². The maximum Gasteiger partial charge on any atom is 0.126 e. The quantitative estimate of drug-likeness (QED) is 0.858. The van der Waals surface area contributed by atoms with E-state index in [9.17, 15) is 5.11 Å². The summed E-state index contributed by atoms with van der Waals surface area (Å²) in [4.78, 5) is 0. The van der Waals surface area contributed by atoms with Gasteiger partial charge in [-0.3, -0.25) is 4.67 Å². The van der Waals surface area contributed by atoms with E-state index in [1.165, 1.54) is 24.1 Å². The average Bonchev–Trinajstić information content (AvgIpc) is 3.11. The second kappa shape index (κ2) is 5.57. The van der Waals surface area contributed by atoms with Gasteiger partial charge in [0, 0.05) is 24.8 Å². The second-order valence-electron chi connectivity index (χ2n) is 6.16. The summed E-state index contributed by atoms with van der Waals surface area (Å²) in [6.07, 6.45) is 2.55. The fraction of sp³-hybridized carbons (Fsp3) is 0.333. The van der Waals surface area contributed by atoms with E-state index < -0.39 is 8.22 Å². The molecule has 4 heteroatoms. The van der Waals surface area contributed by atoms with Crippen LogP contribution in [0.2, 0.25) is 0 Å². The number of anilines is 1. The van der Waals surface area contributed by atoms with Crippen LogP contribution in [0.15, 0.2) is 48.5 Å². The Bertz CT molecular complexity index is 676. The van der Waals surface area contributed by atoms with Crippen molar-refractivity contribution in [2.45, 2.75) is 25.8 Å². The van der Waals surface area contributed by atoms with Crippen LogP contribution < -0.4 is 9.97 Å². The molecule has 0 bridgehead atoms. The maximum atomic E-state index is 10.4. The lowest BCUT2D eigenvalue weighted by molar-refractivity contribution is 0.464. The molecule has 2 aromatic rings. The van der Waals surface area contributed by atoms with Crippen molar-refractivity contribution in [1.29, 1.82) is 0 Å². The van der Waals surface area contributed by atoms with Gasteiger partial charge in [0.15, 0.2) is 0 Å². The molecule has 4 rings (SSSR count). The highest BCUT2D eigenvalue weighted by Gasteiger charge is 2.44. The molecule has 114 valence electrons. The highest BCUT2D eigenvalue weighted by Crippen LogP contribution is 2.56. The third-order valence-corrected chi connectivity index (χ3v) is 7.26. The van der Waals surface area contributed by atoms with E-state index in [1.807, 2.05) is 12.1 Å². The van der Waals surface area contributed by atoms with E-state index in [2.05, 4.69) is 52.7 Å². The van der Waals surface area contributed by atoms with Gasteiger partial charge < -0.3 is 9.78 Å². The highest BCUT2D eigenvalue weighted by molar-refractivity contribution is 7.65. The Balaban J connectivity index is 1.79. The lowest BCUT2D eigenvalue weighted by Gasteiger charge is -2.31. The van der Waals surface area contributed by atoms with Crippen LogP contribution in [0.4, 0.5) is 5.69 Å². The van der Waals surface area contributed by atoms with Crippen molar-refractivity contribution in [2.75, 3.05) is 17.8 Å². The Hall–Kier alpha value is -1.57. The van der Waals surface area contributed by atoms with Crippen LogP contribution in [0.5, 0.6) is 5.75 Å². The fourth-order valence-electron chi connectivity index (χ4n) is 3.55. The number of hydrogen-bond donors (Lipinski definition) is 1. The summed E-state index contributed by atoms with van der Waals surface area (Å²) in [6.45, 7) is 4.32. The van der Waals surface area contributed by atoms with Gasteiger partial charge in [-0.15, -0.1) is 0 Å². The zero-order chi connectivity index (χ0) is 15.1. The summed E-state index contributed by atoms with van der Waals surface area (Å²) in [5.74, 6) is 0.435. The Morgan fingerprint density at radius 2 is 1.95 bits per heavy atom. The van der Waals surface area contributed by atoms with Gasteiger partial charge in [-0.1, -0.05) is 29.8 Å². The van der Waals surface area contributed by atoms with Crippen molar-refractivity contribution in [2.24, 2.45) is 0 Å². The minimum atomic E-state index is -0.641. The SMILES string of the molecule is Cc1ccc(O)c(P2N(c3ccccc3)C[C@@H]3CCCN32)c1. The molecule has 0 amide bonds. The van der Waals surface area contributed by atoms with Crippen LogP contribution >= 0.6 is 8.22 Å². The first-order valence-corrected chi connectivity index (χ1v) is 9.17. The van der Waals surface area contributed by atoms with Crippen LogP contribution in [-0.4, -0.2) is 28.9 Å². The van der Waals surface area contributed by atoms with Gasteiger partial charge in [-0.25, -0.2) is 0 Å². The zero-order valence-electron chi connectivity index (χ0n) is 12.8. The molecule has 2 heterocycles. The molecule has 0 saturated carbocycles. The number of benzene rings is 2. The van der Waals surface area contributed by atoms with Crippen LogP contribution in [0.3, 0.4) is 0 Å². The fourth-order valence-corrected chi connectivity index (χ4v) is 6.48. The topological polar surface area (TPSA) is 26.7 Å². The molecule has 22 heavy (non-hydrogen) atoms. The molecule has 2 saturated heterocycles. The summed E-state index contributed by atoms with van der Waals surface area (Å²) in [5, 5.41) is 11.5. The molecule has 0 aliphatic carbocycles. The first-order valence-electron chi connectivity index (χ1n) is 7.93. The number of rotatable bonds is 2. The molecule has 2 atom stereocenters. The van der Waals surface area contributed by atoms with Gasteiger partial charge >= 0.3 is 0 Å². The summed E-state index contributed by atoms with van der Waals surface area (Å²) in [5.41, 5.74) is 2.48. The first-order chi connectivity index (χ1) is 10.7. The number of hydrogen-bond acceptors (Lipinski definition) is 3. The van der Waals surface area contributed by atoms with E-state index in [4.69, 9.17) is 0 Å². The molecule has 0 spiro atoms. The number of phenolic OH excluding ortho intramolecular Hbond substituents is 1. The number of fused-ring (bicyclic) bond motifs is 1. The van der Waals surface area contributed by atoms with Gasteiger partial charge in [0.2, 0.25) is 0 Å². The molecular formula is C18H21N2OP. The molecule has 0 aromatic heterocycles. The summed E-state index contributed by atoms with van der Waals surface area (Å²) >= 11 is 0. The largest absolute Gasteiger partial charge is 0.507 e. The third kappa shape index (κ3) is 2.29. The molecule has 3 nitrogen and oxygen atoms in total. The predicted octanol–water partition coefficient (Wildman–Crippen LogP) is 3.62. The normalized spacial score (nSPS) is 24.7. The second-order valence-corrected chi connectivity index (χ2v) is 8.22. The summed E-state index contributed by atoms with van der Waals surface area (Å²) in [6, 6.07) is 17.3. The molecule has 1 N–H and O–H groups in total. The maximum absolute atomic E-state index is 10.4. The van der Waals surface area contributed by atoms with Crippen molar-refractivity contribution in [3.8, 4) is 5.75 Å². The van der Waals surface area contributed by atoms with Crippen molar-refractivity contribution < 1.29 is 5.11 Å². The van der Waals surface area contributed by atoms with Gasteiger partial charge in [0.25, 0.3) is 0 Å². The third-order valence-electron chi connectivity index (χ3n) is 4.60. The molecule has 2 aliphatic rings. The molecule has 2 fully saturated rings. The number of phenols is 1. The van der Waals surface area contributed by atoms with E-state index in [-0.39, 0.29) is 0 Å². The van der Waals surface area contributed by atoms with E-state index >= 15 is 0 Å². The smallest absolute Gasteiger partial charge is 0.126 e. The molecular weight excluding hydrogens is 291 g/mol. The van der Waals surface area contributed by atoms with Crippen molar-refractivity contribution in [3.63, 3.8) is 0 Å². The van der Waals surface area contributed by atoms with Crippen molar-refractivity contribution >= 4 is 19.2 Å². The number of nitrogens with zero attached hydrogens (tertiary/aromatic N) is 2. The number of para-hydroxylation sites is 1. The van der Waals surface area contributed by atoms with E-state index in [1.54, 1.807) is 0 Å². The molecule has 0 radical (unpaired) electrons. The monoisotopic (exact) mass is 312 g/mol. The van der Waals surface area contributed by atoms with Crippen LogP contribution in [0.1, 0.15) is 18.4 Å². The van der Waals surface area contributed by atoms with E-state index in [0.717, 1.165) is 18.4 Å². The van der Waals surface area contributed by atoms with Gasteiger partial charge in [-0.2, -0.15) is 0 Å². The zero-order valence-corrected chi connectivity index (χ0v) is 13.7. The minimum absolute atomic E-state index is 0.435. The van der Waals surface area contributed by atoms with Crippen molar-refractivity contribution in [3.05, 3.63) is 54.1 Å². The minimum Gasteiger partial charge on any atom is -0.507 e. The van der Waals surface area contributed by atoms with Crippen LogP contribution in [-0.2, 0) is 0 Å². The lowest BCUT2D eigenvalue weighted by Crippen LogP contribution is -2.23. The van der Waals surface area contributed by atoms with Gasteiger partial charge in [0.1, 0.15) is 14.0 Å². The average molecular weight is 312 g/mol. The lowest BCUT2D eigenvalue weighted by atomic mass is 10.2. The number of aryl methyl sites for hydroxylation is 1. The highest BCUT2D eigenvalue weighted by atomic mass is 31.1. The Labute approximate surface area is 133 Å². The van der Waals surface area contributed by atoms with E-state index in [0.29, 0.717) is 11.8 Å². The Kier molecular flexibility index (Phi) is 3.56. The number of aromatic hydroxyl groups is 1.